The molecule has 6 heteroatoms. The van der Waals surface area contributed by atoms with Crippen LogP contribution in [0.5, 0.6) is 5.75 Å². The Labute approximate surface area is 122 Å². The van der Waals surface area contributed by atoms with Crippen LogP contribution in [0.2, 0.25) is 0 Å². The van der Waals surface area contributed by atoms with Crippen molar-refractivity contribution in [2.75, 3.05) is 0 Å². The quantitative estimate of drug-likeness (QED) is 0.787. The monoisotopic (exact) mass is 289 g/mol. The predicted molar refractivity (Wildman–Crippen MR) is 75.5 cm³/mol. The molecule has 0 aliphatic rings. The average Bonchev–Trinajstić information content (AvgIpc) is 2.87. The molecule has 1 aromatic carbocycles. The molecule has 20 heavy (non-hydrogen) atoms. The topological polar surface area (TPSA) is 71.9 Å². The molecule has 104 valence electrons. The fourth-order valence-corrected chi connectivity index (χ4v) is 2.11. The van der Waals surface area contributed by atoms with E-state index in [-0.39, 0.29) is 11.9 Å². The highest BCUT2D eigenvalue weighted by molar-refractivity contribution is 7.99. The second kappa shape index (κ2) is 6.44. The number of benzene rings is 1. The Balaban J connectivity index is 1.98. The van der Waals surface area contributed by atoms with E-state index in [1.165, 1.54) is 11.8 Å². The van der Waals surface area contributed by atoms with E-state index in [2.05, 4.69) is 16.3 Å². The van der Waals surface area contributed by atoms with E-state index in [9.17, 15) is 0 Å². The third kappa shape index (κ3) is 3.75. The number of aromatic nitrogens is 2. The van der Waals surface area contributed by atoms with Gasteiger partial charge in [0, 0.05) is 0 Å². The van der Waals surface area contributed by atoms with Gasteiger partial charge in [0.2, 0.25) is 0 Å². The summed E-state index contributed by atoms with van der Waals surface area (Å²) >= 11 is 1.23. The zero-order chi connectivity index (χ0) is 14.5. The summed E-state index contributed by atoms with van der Waals surface area (Å²) in [5.74, 6) is 1.21. The van der Waals surface area contributed by atoms with Crippen LogP contribution in [0.15, 0.2) is 27.8 Å². The molecule has 0 fully saturated rings. The molecule has 1 aromatic heterocycles. The molecule has 0 bridgehead atoms. The van der Waals surface area contributed by atoms with Gasteiger partial charge in [-0.05, 0) is 49.7 Å². The molecule has 0 radical (unpaired) electrons. The molecule has 0 aliphatic carbocycles. The Morgan fingerprint density at radius 2 is 2.20 bits per heavy atom. The highest BCUT2D eigenvalue weighted by Gasteiger charge is 2.11. The Morgan fingerprint density at radius 1 is 1.40 bits per heavy atom. The van der Waals surface area contributed by atoms with E-state index in [0.717, 1.165) is 16.9 Å². The van der Waals surface area contributed by atoms with Crippen LogP contribution in [-0.2, 0) is 6.61 Å². The summed E-state index contributed by atoms with van der Waals surface area (Å²) in [4.78, 5) is 0. The molecule has 0 amide bonds. The predicted octanol–water partition coefficient (Wildman–Crippen LogP) is 3.27. The number of aryl methyl sites for hydroxylation is 2. The lowest BCUT2D eigenvalue weighted by molar-refractivity contribution is 0.250. The highest BCUT2D eigenvalue weighted by atomic mass is 32.2. The number of nitrogens with zero attached hydrogens (tertiary/aromatic N) is 3. The number of hydrogen-bond donors (Lipinski definition) is 0. The van der Waals surface area contributed by atoms with Crippen molar-refractivity contribution in [1.82, 2.24) is 10.2 Å². The Morgan fingerprint density at radius 3 is 2.95 bits per heavy atom. The number of nitriles is 1. The number of rotatable bonds is 5. The van der Waals surface area contributed by atoms with Crippen LogP contribution in [-0.4, -0.2) is 15.4 Å². The standard InChI is InChI=1S/C14H15N3O2S/c1-9-4-5-10(2)12(6-9)18-8-13-16-17-14(19-13)20-11(3)7-15/h4-6,11H,8H2,1-3H3. The van der Waals surface area contributed by atoms with Gasteiger partial charge in [0.1, 0.15) is 5.75 Å². The van der Waals surface area contributed by atoms with Crippen molar-refractivity contribution in [3.63, 3.8) is 0 Å². The summed E-state index contributed by atoms with van der Waals surface area (Å²) in [7, 11) is 0. The molecular formula is C14H15N3O2S. The first-order valence-corrected chi connectivity index (χ1v) is 7.05. The van der Waals surface area contributed by atoms with Crippen LogP contribution in [0.3, 0.4) is 0 Å². The van der Waals surface area contributed by atoms with E-state index in [1.54, 1.807) is 6.92 Å². The molecule has 0 N–H and O–H groups in total. The minimum atomic E-state index is -0.219. The largest absolute Gasteiger partial charge is 0.484 e. The molecule has 0 saturated carbocycles. The van der Waals surface area contributed by atoms with Gasteiger partial charge in [-0.15, -0.1) is 10.2 Å². The average molecular weight is 289 g/mol. The fraction of sp³-hybridized carbons (Fsp3) is 0.357. The van der Waals surface area contributed by atoms with E-state index in [1.807, 2.05) is 32.0 Å². The lowest BCUT2D eigenvalue weighted by Gasteiger charge is -2.07. The SMILES string of the molecule is Cc1ccc(C)c(OCc2nnc(SC(C)C#N)o2)c1. The maximum Gasteiger partial charge on any atom is 0.277 e. The van der Waals surface area contributed by atoms with E-state index in [0.29, 0.717) is 11.1 Å². The summed E-state index contributed by atoms with van der Waals surface area (Å²) in [5.41, 5.74) is 2.19. The third-order valence-electron chi connectivity index (χ3n) is 2.60. The van der Waals surface area contributed by atoms with Gasteiger partial charge in [0.15, 0.2) is 6.61 Å². The number of thioether (sulfide) groups is 1. The zero-order valence-electron chi connectivity index (χ0n) is 11.6. The van der Waals surface area contributed by atoms with Gasteiger partial charge in [0.05, 0.1) is 11.3 Å². The molecular weight excluding hydrogens is 274 g/mol. The third-order valence-corrected chi connectivity index (χ3v) is 3.43. The van der Waals surface area contributed by atoms with E-state index >= 15 is 0 Å². The summed E-state index contributed by atoms with van der Waals surface area (Å²) < 4.78 is 11.1. The lowest BCUT2D eigenvalue weighted by atomic mass is 10.1. The van der Waals surface area contributed by atoms with Gasteiger partial charge >= 0.3 is 0 Å². The van der Waals surface area contributed by atoms with E-state index in [4.69, 9.17) is 14.4 Å². The van der Waals surface area contributed by atoms with Crippen molar-refractivity contribution in [3.8, 4) is 11.8 Å². The molecule has 2 aromatic rings. The summed E-state index contributed by atoms with van der Waals surface area (Å²) in [6.45, 7) is 6.00. The van der Waals surface area contributed by atoms with Gasteiger partial charge in [-0.1, -0.05) is 12.1 Å². The first-order valence-electron chi connectivity index (χ1n) is 6.17. The number of hydrogen-bond acceptors (Lipinski definition) is 6. The molecule has 5 nitrogen and oxygen atoms in total. The molecule has 2 rings (SSSR count). The van der Waals surface area contributed by atoms with E-state index < -0.39 is 0 Å². The van der Waals surface area contributed by atoms with Crippen molar-refractivity contribution in [2.24, 2.45) is 0 Å². The minimum absolute atomic E-state index is 0.219. The van der Waals surface area contributed by atoms with Crippen molar-refractivity contribution in [3.05, 3.63) is 35.2 Å². The number of ether oxygens (including phenoxy) is 1. The fourth-order valence-electron chi connectivity index (χ4n) is 1.52. The Bertz CT molecular complexity index is 634. The lowest BCUT2D eigenvalue weighted by Crippen LogP contribution is -1.97. The second-order valence-electron chi connectivity index (χ2n) is 4.41. The molecule has 1 unspecified atom stereocenters. The minimum Gasteiger partial charge on any atom is -0.484 e. The van der Waals surface area contributed by atoms with Gasteiger partial charge in [-0.2, -0.15) is 5.26 Å². The molecule has 0 aliphatic heterocycles. The molecule has 1 heterocycles. The van der Waals surface area contributed by atoms with Gasteiger partial charge in [0.25, 0.3) is 11.1 Å². The summed E-state index contributed by atoms with van der Waals surface area (Å²) in [6, 6.07) is 8.11. The van der Waals surface area contributed by atoms with Crippen LogP contribution in [0.25, 0.3) is 0 Å². The second-order valence-corrected chi connectivity index (χ2v) is 5.70. The van der Waals surface area contributed by atoms with Gasteiger partial charge in [-0.3, -0.25) is 0 Å². The van der Waals surface area contributed by atoms with Gasteiger partial charge in [-0.25, -0.2) is 0 Å². The van der Waals surface area contributed by atoms with Crippen molar-refractivity contribution in [2.45, 2.75) is 37.9 Å². The highest BCUT2D eigenvalue weighted by Crippen LogP contribution is 2.23. The molecule has 1 atom stereocenters. The van der Waals surface area contributed by atoms with Gasteiger partial charge < -0.3 is 9.15 Å². The van der Waals surface area contributed by atoms with Crippen LogP contribution < -0.4 is 4.74 Å². The van der Waals surface area contributed by atoms with Crippen molar-refractivity contribution in [1.29, 1.82) is 5.26 Å². The Kier molecular flexibility index (Phi) is 4.64. The van der Waals surface area contributed by atoms with Crippen LogP contribution in [0.4, 0.5) is 0 Å². The van der Waals surface area contributed by atoms with Crippen LogP contribution in [0.1, 0.15) is 23.9 Å². The maximum absolute atomic E-state index is 8.73. The first-order chi connectivity index (χ1) is 9.58. The Hall–Kier alpha value is -2.00. The summed E-state index contributed by atoms with van der Waals surface area (Å²) in [5, 5.41) is 16.7. The van der Waals surface area contributed by atoms with Crippen molar-refractivity contribution >= 4 is 11.8 Å². The molecule has 0 saturated heterocycles. The van der Waals surface area contributed by atoms with Crippen LogP contribution in [0, 0.1) is 25.2 Å². The van der Waals surface area contributed by atoms with Crippen molar-refractivity contribution < 1.29 is 9.15 Å². The zero-order valence-corrected chi connectivity index (χ0v) is 12.4. The summed E-state index contributed by atoms with van der Waals surface area (Å²) in [6.07, 6.45) is 0. The first kappa shape index (κ1) is 14.4. The molecule has 0 spiro atoms. The van der Waals surface area contributed by atoms with Crippen LogP contribution >= 0.6 is 11.8 Å². The smallest absolute Gasteiger partial charge is 0.277 e. The normalized spacial score (nSPS) is 11.9. The maximum atomic E-state index is 8.73.